The van der Waals surface area contributed by atoms with Crippen LogP contribution in [-0.4, -0.2) is 55.2 Å². The van der Waals surface area contributed by atoms with E-state index in [9.17, 15) is 5.11 Å². The number of phenols is 1. The zero-order valence-corrected chi connectivity index (χ0v) is 12.8. The molecular formula is C16H28N2O. The number of benzene rings is 1. The van der Waals surface area contributed by atoms with E-state index in [2.05, 4.69) is 37.9 Å². The Balaban J connectivity index is 2.26. The van der Waals surface area contributed by atoms with Crippen LogP contribution in [0.2, 0.25) is 0 Å². The molecule has 0 heterocycles. The summed E-state index contributed by atoms with van der Waals surface area (Å²) in [7, 11) is 6.44. The van der Waals surface area contributed by atoms with Gasteiger partial charge in [-0.25, -0.2) is 0 Å². The van der Waals surface area contributed by atoms with Crippen molar-refractivity contribution in [3.63, 3.8) is 0 Å². The fourth-order valence-corrected chi connectivity index (χ4v) is 2.12. The number of phenolic OH excluding ortho intramolecular Hbond substituents is 1. The highest BCUT2D eigenvalue weighted by molar-refractivity contribution is 5.25. The molecule has 0 aliphatic carbocycles. The van der Waals surface area contributed by atoms with Crippen LogP contribution in [0.4, 0.5) is 0 Å². The largest absolute Gasteiger partial charge is 0.508 e. The van der Waals surface area contributed by atoms with Gasteiger partial charge >= 0.3 is 0 Å². The monoisotopic (exact) mass is 264 g/mol. The normalized spacial score (nSPS) is 13.2. The molecule has 19 heavy (non-hydrogen) atoms. The molecule has 0 aromatic heterocycles. The average molecular weight is 264 g/mol. The molecule has 0 bridgehead atoms. The van der Waals surface area contributed by atoms with Gasteiger partial charge in [-0.05, 0) is 78.1 Å². The van der Waals surface area contributed by atoms with Crippen molar-refractivity contribution in [3.8, 4) is 5.75 Å². The van der Waals surface area contributed by atoms with Gasteiger partial charge in [0.25, 0.3) is 0 Å². The van der Waals surface area contributed by atoms with Crippen LogP contribution in [0.1, 0.15) is 25.3 Å². The predicted octanol–water partition coefficient (Wildman–Crippen LogP) is 2.60. The molecular weight excluding hydrogens is 236 g/mol. The molecule has 0 spiro atoms. The van der Waals surface area contributed by atoms with E-state index >= 15 is 0 Å². The molecule has 1 unspecified atom stereocenters. The van der Waals surface area contributed by atoms with Gasteiger partial charge in [0.15, 0.2) is 0 Å². The lowest BCUT2D eigenvalue weighted by molar-refractivity contribution is 0.232. The second-order valence-corrected chi connectivity index (χ2v) is 5.69. The first-order chi connectivity index (χ1) is 8.99. The lowest BCUT2D eigenvalue weighted by atomic mass is 10.1. The molecule has 0 saturated carbocycles. The molecule has 3 nitrogen and oxygen atoms in total. The SMILES string of the molecule is CC(CCc1ccc(O)cc1)N(C)CCCN(C)C. The van der Waals surface area contributed by atoms with Crippen molar-refractivity contribution in [2.75, 3.05) is 34.2 Å². The van der Waals surface area contributed by atoms with Crippen LogP contribution in [-0.2, 0) is 6.42 Å². The first-order valence-corrected chi connectivity index (χ1v) is 7.12. The van der Waals surface area contributed by atoms with Crippen LogP contribution in [0, 0.1) is 0 Å². The number of aromatic hydroxyl groups is 1. The summed E-state index contributed by atoms with van der Waals surface area (Å²) in [5, 5.41) is 9.25. The summed E-state index contributed by atoms with van der Waals surface area (Å²) in [6.07, 6.45) is 3.44. The van der Waals surface area contributed by atoms with Crippen molar-refractivity contribution < 1.29 is 5.11 Å². The minimum absolute atomic E-state index is 0.345. The number of aryl methyl sites for hydroxylation is 1. The van der Waals surface area contributed by atoms with Gasteiger partial charge in [0.1, 0.15) is 5.75 Å². The van der Waals surface area contributed by atoms with Gasteiger partial charge in [-0.3, -0.25) is 0 Å². The highest BCUT2D eigenvalue weighted by atomic mass is 16.3. The second-order valence-electron chi connectivity index (χ2n) is 5.69. The third-order valence-electron chi connectivity index (χ3n) is 3.66. The molecule has 1 aromatic rings. The quantitative estimate of drug-likeness (QED) is 0.782. The number of rotatable bonds is 8. The lowest BCUT2D eigenvalue weighted by Crippen LogP contribution is -2.32. The van der Waals surface area contributed by atoms with E-state index in [1.807, 2.05) is 12.1 Å². The fraction of sp³-hybridized carbons (Fsp3) is 0.625. The standard InChI is InChI=1S/C16H28N2O/c1-14(18(4)13-5-12-17(2)3)6-7-15-8-10-16(19)11-9-15/h8-11,14,19H,5-7,12-13H2,1-4H3. The van der Waals surface area contributed by atoms with E-state index in [1.165, 1.54) is 12.0 Å². The molecule has 0 radical (unpaired) electrons. The van der Waals surface area contributed by atoms with Crippen LogP contribution >= 0.6 is 0 Å². The summed E-state index contributed by atoms with van der Waals surface area (Å²) < 4.78 is 0. The summed E-state index contributed by atoms with van der Waals surface area (Å²) in [5.74, 6) is 0.345. The molecule has 1 aromatic carbocycles. The summed E-state index contributed by atoms with van der Waals surface area (Å²) in [6.45, 7) is 4.58. The van der Waals surface area contributed by atoms with Crippen molar-refractivity contribution in [1.29, 1.82) is 0 Å². The van der Waals surface area contributed by atoms with Gasteiger partial charge in [0.05, 0.1) is 0 Å². The van der Waals surface area contributed by atoms with Crippen molar-refractivity contribution in [2.45, 2.75) is 32.2 Å². The highest BCUT2D eigenvalue weighted by Crippen LogP contribution is 2.13. The Hall–Kier alpha value is -1.06. The molecule has 0 aliphatic heterocycles. The van der Waals surface area contributed by atoms with Gasteiger partial charge < -0.3 is 14.9 Å². The Labute approximate surface area is 117 Å². The molecule has 1 rings (SSSR count). The first kappa shape index (κ1) is 16.0. The topological polar surface area (TPSA) is 26.7 Å². The van der Waals surface area contributed by atoms with Crippen molar-refractivity contribution >= 4 is 0 Å². The van der Waals surface area contributed by atoms with Gasteiger partial charge in [0, 0.05) is 6.04 Å². The van der Waals surface area contributed by atoms with Crippen LogP contribution in [0.15, 0.2) is 24.3 Å². The third kappa shape index (κ3) is 6.60. The van der Waals surface area contributed by atoms with Crippen molar-refractivity contribution in [2.24, 2.45) is 0 Å². The maximum atomic E-state index is 9.25. The summed E-state index contributed by atoms with van der Waals surface area (Å²) in [4.78, 5) is 4.67. The van der Waals surface area contributed by atoms with Crippen LogP contribution < -0.4 is 0 Å². The Bertz CT molecular complexity index is 348. The van der Waals surface area contributed by atoms with Gasteiger partial charge in [-0.2, -0.15) is 0 Å². The van der Waals surface area contributed by atoms with Crippen molar-refractivity contribution in [1.82, 2.24) is 9.80 Å². The molecule has 3 heteroatoms. The lowest BCUT2D eigenvalue weighted by Gasteiger charge is -2.25. The van der Waals surface area contributed by atoms with Crippen LogP contribution in [0.25, 0.3) is 0 Å². The molecule has 0 fully saturated rings. The molecule has 1 atom stereocenters. The second kappa shape index (κ2) is 8.18. The summed E-state index contributed by atoms with van der Waals surface area (Å²) >= 11 is 0. The first-order valence-electron chi connectivity index (χ1n) is 7.12. The predicted molar refractivity (Wildman–Crippen MR) is 81.7 cm³/mol. The van der Waals surface area contributed by atoms with E-state index in [0.717, 1.165) is 25.9 Å². The zero-order valence-electron chi connectivity index (χ0n) is 12.8. The molecule has 0 amide bonds. The summed E-state index contributed by atoms with van der Waals surface area (Å²) in [5.41, 5.74) is 1.30. The van der Waals surface area contributed by atoms with E-state index < -0.39 is 0 Å². The number of nitrogens with zero attached hydrogens (tertiary/aromatic N) is 2. The third-order valence-corrected chi connectivity index (χ3v) is 3.66. The van der Waals surface area contributed by atoms with E-state index in [4.69, 9.17) is 0 Å². The van der Waals surface area contributed by atoms with E-state index in [0.29, 0.717) is 11.8 Å². The Morgan fingerprint density at radius 3 is 2.26 bits per heavy atom. The molecule has 0 saturated heterocycles. The Kier molecular flexibility index (Phi) is 6.89. The van der Waals surface area contributed by atoms with Crippen molar-refractivity contribution in [3.05, 3.63) is 29.8 Å². The number of hydrogen-bond acceptors (Lipinski definition) is 3. The summed E-state index contributed by atoms with van der Waals surface area (Å²) in [6, 6.07) is 8.14. The minimum atomic E-state index is 0.345. The molecule has 0 aliphatic rings. The maximum absolute atomic E-state index is 9.25. The maximum Gasteiger partial charge on any atom is 0.115 e. The molecule has 1 N–H and O–H groups in total. The Morgan fingerprint density at radius 1 is 1.05 bits per heavy atom. The van der Waals surface area contributed by atoms with Gasteiger partial charge in [-0.1, -0.05) is 12.1 Å². The average Bonchev–Trinajstić information content (AvgIpc) is 2.37. The van der Waals surface area contributed by atoms with Crippen LogP contribution in [0.3, 0.4) is 0 Å². The van der Waals surface area contributed by atoms with Gasteiger partial charge in [-0.15, -0.1) is 0 Å². The van der Waals surface area contributed by atoms with Crippen LogP contribution in [0.5, 0.6) is 5.75 Å². The molecule has 108 valence electrons. The van der Waals surface area contributed by atoms with Gasteiger partial charge in [0.2, 0.25) is 0 Å². The minimum Gasteiger partial charge on any atom is -0.508 e. The Morgan fingerprint density at radius 2 is 1.68 bits per heavy atom. The highest BCUT2D eigenvalue weighted by Gasteiger charge is 2.09. The van der Waals surface area contributed by atoms with E-state index in [1.54, 1.807) is 12.1 Å². The smallest absolute Gasteiger partial charge is 0.115 e. The van der Waals surface area contributed by atoms with E-state index in [-0.39, 0.29) is 0 Å². The zero-order chi connectivity index (χ0) is 14.3. The fourth-order valence-electron chi connectivity index (χ4n) is 2.12. The number of hydrogen-bond donors (Lipinski definition) is 1.